The van der Waals surface area contributed by atoms with Gasteiger partial charge in [-0.2, -0.15) is 0 Å². The minimum absolute atomic E-state index is 0.402. The van der Waals surface area contributed by atoms with E-state index < -0.39 is 24.0 Å². The molecular weight excluding hydrogens is 188 g/mol. The molecule has 14 heavy (non-hydrogen) atoms. The Morgan fingerprint density at radius 3 is 2.43 bits per heavy atom. The maximum Gasteiger partial charge on any atom is 0.332 e. The Hall–Kier alpha value is -1.14. The number of rotatable bonds is 6. The average Bonchev–Trinajstić information content (AvgIpc) is 2.03. The summed E-state index contributed by atoms with van der Waals surface area (Å²) in [7, 11) is 0. The summed E-state index contributed by atoms with van der Waals surface area (Å²) in [6, 6.07) is 0. The maximum absolute atomic E-state index is 11.3. The number of carboxylic acids is 1. The number of likely N-dealkylation sites (N-methyl/N-ethyl adjacent to an activating group) is 1. The summed E-state index contributed by atoms with van der Waals surface area (Å²) in [4.78, 5) is 25.9. The Balaban J connectivity index is 3.88. The molecule has 0 aliphatic heterocycles. The van der Waals surface area contributed by atoms with Crippen molar-refractivity contribution >= 4 is 11.9 Å². The standard InChI is InChI=1S/C8H16N2O4/c1-4-9-8(2,3)7(13)10-14-5-6(11)12/h9H,4-5H2,1-3H3,(H,10,13)(H,11,12). The van der Waals surface area contributed by atoms with E-state index in [4.69, 9.17) is 5.11 Å². The Morgan fingerprint density at radius 2 is 2.00 bits per heavy atom. The van der Waals surface area contributed by atoms with E-state index in [0.717, 1.165) is 0 Å². The van der Waals surface area contributed by atoms with E-state index in [1.54, 1.807) is 13.8 Å². The fourth-order valence-electron chi connectivity index (χ4n) is 0.813. The smallest absolute Gasteiger partial charge is 0.332 e. The SMILES string of the molecule is CCNC(C)(C)C(=O)NOCC(=O)O. The number of carbonyl (C=O) groups is 2. The third-order valence-electron chi connectivity index (χ3n) is 1.55. The van der Waals surface area contributed by atoms with Crippen molar-refractivity contribution < 1.29 is 19.5 Å². The Labute approximate surface area is 82.6 Å². The van der Waals surface area contributed by atoms with Crippen LogP contribution < -0.4 is 10.8 Å². The molecule has 0 fully saturated rings. The molecule has 0 bridgehead atoms. The third-order valence-corrected chi connectivity index (χ3v) is 1.55. The van der Waals surface area contributed by atoms with Crippen molar-refractivity contribution in [3.63, 3.8) is 0 Å². The summed E-state index contributed by atoms with van der Waals surface area (Å²) < 4.78 is 0. The van der Waals surface area contributed by atoms with E-state index >= 15 is 0 Å². The van der Waals surface area contributed by atoms with Crippen LogP contribution in [0.1, 0.15) is 20.8 Å². The van der Waals surface area contributed by atoms with Gasteiger partial charge in [0.1, 0.15) is 0 Å². The van der Waals surface area contributed by atoms with E-state index in [1.807, 2.05) is 6.92 Å². The number of hydrogen-bond donors (Lipinski definition) is 3. The molecule has 0 saturated carbocycles. The van der Waals surface area contributed by atoms with Gasteiger partial charge in [-0.25, -0.2) is 10.3 Å². The highest BCUT2D eigenvalue weighted by Crippen LogP contribution is 2.00. The highest BCUT2D eigenvalue weighted by Gasteiger charge is 2.26. The highest BCUT2D eigenvalue weighted by atomic mass is 16.7. The number of aliphatic carboxylic acids is 1. The molecular formula is C8H16N2O4. The van der Waals surface area contributed by atoms with Crippen molar-refractivity contribution in [1.82, 2.24) is 10.8 Å². The van der Waals surface area contributed by atoms with Gasteiger partial charge in [-0.3, -0.25) is 9.63 Å². The zero-order valence-corrected chi connectivity index (χ0v) is 8.59. The molecule has 0 heterocycles. The minimum atomic E-state index is -1.13. The number of carboxylic acid groups (broad SMARTS) is 1. The molecule has 0 aliphatic rings. The average molecular weight is 204 g/mol. The predicted octanol–water partition coefficient (Wildman–Crippen LogP) is -0.493. The lowest BCUT2D eigenvalue weighted by atomic mass is 10.1. The van der Waals surface area contributed by atoms with Crippen molar-refractivity contribution in [2.75, 3.05) is 13.2 Å². The molecule has 0 atom stereocenters. The topological polar surface area (TPSA) is 87.7 Å². The lowest BCUT2D eigenvalue weighted by Crippen LogP contribution is -2.52. The molecule has 0 spiro atoms. The van der Waals surface area contributed by atoms with Crippen LogP contribution in [0.5, 0.6) is 0 Å². The van der Waals surface area contributed by atoms with Crippen LogP contribution in [-0.4, -0.2) is 35.7 Å². The van der Waals surface area contributed by atoms with Crippen molar-refractivity contribution in [2.45, 2.75) is 26.3 Å². The normalized spacial score (nSPS) is 11.1. The second-order valence-corrected chi connectivity index (χ2v) is 3.27. The summed E-state index contributed by atoms with van der Waals surface area (Å²) in [5.74, 6) is -1.54. The van der Waals surface area contributed by atoms with E-state index in [0.29, 0.717) is 6.54 Å². The lowest BCUT2D eigenvalue weighted by molar-refractivity contribution is -0.151. The molecule has 0 rings (SSSR count). The van der Waals surface area contributed by atoms with E-state index in [2.05, 4.69) is 15.6 Å². The lowest BCUT2D eigenvalue weighted by Gasteiger charge is -2.23. The molecule has 0 aromatic carbocycles. The summed E-state index contributed by atoms with van der Waals surface area (Å²) in [5, 5.41) is 11.2. The summed E-state index contributed by atoms with van der Waals surface area (Å²) in [6.07, 6.45) is 0. The Kier molecular flexibility index (Phi) is 5.11. The number of carbonyl (C=O) groups excluding carboxylic acids is 1. The first-order chi connectivity index (χ1) is 6.40. The predicted molar refractivity (Wildman–Crippen MR) is 49.5 cm³/mol. The number of hydrogen-bond acceptors (Lipinski definition) is 4. The van der Waals surface area contributed by atoms with Gasteiger partial charge in [-0.15, -0.1) is 0 Å². The molecule has 6 nitrogen and oxygen atoms in total. The van der Waals surface area contributed by atoms with Crippen LogP contribution in [0, 0.1) is 0 Å². The zero-order chi connectivity index (χ0) is 11.2. The Morgan fingerprint density at radius 1 is 1.43 bits per heavy atom. The van der Waals surface area contributed by atoms with Crippen molar-refractivity contribution in [1.29, 1.82) is 0 Å². The van der Waals surface area contributed by atoms with Crippen LogP contribution in [0.4, 0.5) is 0 Å². The Bertz CT molecular complexity index is 215. The van der Waals surface area contributed by atoms with Crippen LogP contribution in [0.2, 0.25) is 0 Å². The van der Waals surface area contributed by atoms with Gasteiger partial charge in [-0.05, 0) is 20.4 Å². The van der Waals surface area contributed by atoms with Crippen LogP contribution >= 0.6 is 0 Å². The van der Waals surface area contributed by atoms with Gasteiger partial charge in [0.2, 0.25) is 0 Å². The van der Waals surface area contributed by atoms with E-state index in [9.17, 15) is 9.59 Å². The van der Waals surface area contributed by atoms with Gasteiger partial charge in [0.05, 0.1) is 5.54 Å². The number of hydroxylamine groups is 1. The first-order valence-electron chi connectivity index (χ1n) is 4.29. The first-order valence-corrected chi connectivity index (χ1v) is 4.29. The molecule has 0 radical (unpaired) electrons. The second kappa shape index (κ2) is 5.56. The van der Waals surface area contributed by atoms with E-state index in [-0.39, 0.29) is 0 Å². The van der Waals surface area contributed by atoms with Gasteiger partial charge < -0.3 is 10.4 Å². The number of amides is 1. The largest absolute Gasteiger partial charge is 0.479 e. The van der Waals surface area contributed by atoms with Crippen LogP contribution in [0.25, 0.3) is 0 Å². The molecule has 0 aliphatic carbocycles. The minimum Gasteiger partial charge on any atom is -0.479 e. The molecule has 0 aromatic rings. The molecule has 82 valence electrons. The highest BCUT2D eigenvalue weighted by molar-refractivity contribution is 5.84. The molecule has 3 N–H and O–H groups in total. The molecule has 6 heteroatoms. The van der Waals surface area contributed by atoms with Crippen molar-refractivity contribution in [2.24, 2.45) is 0 Å². The van der Waals surface area contributed by atoms with E-state index in [1.165, 1.54) is 0 Å². The fraction of sp³-hybridized carbons (Fsp3) is 0.750. The maximum atomic E-state index is 11.3. The van der Waals surface area contributed by atoms with Crippen molar-refractivity contribution in [3.8, 4) is 0 Å². The fourth-order valence-corrected chi connectivity index (χ4v) is 0.813. The van der Waals surface area contributed by atoms with Gasteiger partial charge in [0.25, 0.3) is 5.91 Å². The number of nitrogens with one attached hydrogen (secondary N) is 2. The monoisotopic (exact) mass is 204 g/mol. The molecule has 0 aromatic heterocycles. The van der Waals surface area contributed by atoms with Gasteiger partial charge >= 0.3 is 5.97 Å². The third kappa shape index (κ3) is 4.78. The van der Waals surface area contributed by atoms with Gasteiger partial charge in [0.15, 0.2) is 6.61 Å². The van der Waals surface area contributed by atoms with Crippen molar-refractivity contribution in [3.05, 3.63) is 0 Å². The second-order valence-electron chi connectivity index (χ2n) is 3.27. The molecule has 0 unspecified atom stereocenters. The quantitative estimate of drug-likeness (QED) is 0.508. The van der Waals surface area contributed by atoms with Crippen LogP contribution in [-0.2, 0) is 14.4 Å². The molecule has 1 amide bonds. The molecule has 0 saturated heterocycles. The zero-order valence-electron chi connectivity index (χ0n) is 8.59. The van der Waals surface area contributed by atoms with Gasteiger partial charge in [0, 0.05) is 0 Å². The summed E-state index contributed by atoms with van der Waals surface area (Å²) >= 11 is 0. The summed E-state index contributed by atoms with van der Waals surface area (Å²) in [6.45, 7) is 5.31. The van der Waals surface area contributed by atoms with Crippen LogP contribution in [0.15, 0.2) is 0 Å². The van der Waals surface area contributed by atoms with Gasteiger partial charge in [-0.1, -0.05) is 6.92 Å². The summed E-state index contributed by atoms with van der Waals surface area (Å²) in [5.41, 5.74) is 1.29. The first kappa shape index (κ1) is 12.9. The van der Waals surface area contributed by atoms with Crippen LogP contribution in [0.3, 0.4) is 0 Å².